The molecular weight excluding hydrogens is 316 g/mol. The van der Waals surface area contributed by atoms with Gasteiger partial charge in [-0.15, -0.1) is 10.2 Å². The molecule has 1 aliphatic carbocycles. The average Bonchev–Trinajstić information content (AvgIpc) is 3.34. The molecule has 1 saturated heterocycles. The van der Waals surface area contributed by atoms with Crippen LogP contribution in [0.25, 0.3) is 0 Å². The van der Waals surface area contributed by atoms with Gasteiger partial charge in [-0.05, 0) is 36.8 Å². The number of likely N-dealkylation sites (tertiary alicyclic amines) is 1. The minimum absolute atomic E-state index is 0.100. The van der Waals surface area contributed by atoms with E-state index in [-0.39, 0.29) is 11.3 Å². The van der Waals surface area contributed by atoms with Gasteiger partial charge in [-0.3, -0.25) is 9.78 Å². The standard InChI is InChI=1S/C19H24N4O2/c1-3-13-10-20-9-7-15(13)17(24)23-11-14-6-5-8-19(14,12-23)18-22-21-16(4-2)25-18/h7,9-10,14H,3-6,8,11-12H2,1-2H3/t14-,19-/m0/s1. The molecule has 2 aromatic rings. The van der Waals surface area contributed by atoms with Crippen LogP contribution in [0.3, 0.4) is 0 Å². The summed E-state index contributed by atoms with van der Waals surface area (Å²) < 4.78 is 5.93. The van der Waals surface area contributed by atoms with E-state index < -0.39 is 0 Å². The first-order valence-corrected chi connectivity index (χ1v) is 9.23. The molecule has 1 aliphatic heterocycles. The van der Waals surface area contributed by atoms with E-state index in [9.17, 15) is 4.79 Å². The largest absolute Gasteiger partial charge is 0.425 e. The topological polar surface area (TPSA) is 72.1 Å². The van der Waals surface area contributed by atoms with Gasteiger partial charge in [-0.1, -0.05) is 20.3 Å². The summed E-state index contributed by atoms with van der Waals surface area (Å²) in [6.45, 7) is 5.52. The molecule has 25 heavy (non-hydrogen) atoms. The molecule has 6 nitrogen and oxygen atoms in total. The monoisotopic (exact) mass is 340 g/mol. The van der Waals surface area contributed by atoms with Crippen molar-refractivity contribution in [3.05, 3.63) is 41.4 Å². The Bertz CT molecular complexity index is 787. The smallest absolute Gasteiger partial charge is 0.254 e. The van der Waals surface area contributed by atoms with Crippen molar-refractivity contribution >= 4 is 5.91 Å². The van der Waals surface area contributed by atoms with Crippen LogP contribution in [0.1, 0.15) is 60.8 Å². The molecule has 2 atom stereocenters. The number of carbonyl (C=O) groups is 1. The van der Waals surface area contributed by atoms with E-state index in [1.165, 1.54) is 0 Å². The summed E-state index contributed by atoms with van der Waals surface area (Å²) >= 11 is 0. The van der Waals surface area contributed by atoms with Crippen LogP contribution in [0.15, 0.2) is 22.9 Å². The molecule has 1 saturated carbocycles. The summed E-state index contributed by atoms with van der Waals surface area (Å²) in [7, 11) is 0. The third-order valence-corrected chi connectivity index (χ3v) is 5.87. The number of aryl methyl sites for hydroxylation is 2. The fourth-order valence-electron chi connectivity index (χ4n) is 4.48. The predicted molar refractivity (Wildman–Crippen MR) is 92.2 cm³/mol. The molecule has 1 amide bonds. The van der Waals surface area contributed by atoms with Crippen LogP contribution < -0.4 is 0 Å². The molecule has 0 bridgehead atoms. The quantitative estimate of drug-likeness (QED) is 0.856. The lowest BCUT2D eigenvalue weighted by Gasteiger charge is -2.24. The van der Waals surface area contributed by atoms with Crippen molar-refractivity contribution in [3.8, 4) is 0 Å². The SMILES string of the molecule is CCc1nnc([C@]23CCC[C@H]2CN(C(=O)c2ccncc2CC)C3)o1. The number of hydrogen-bond acceptors (Lipinski definition) is 5. The van der Waals surface area contributed by atoms with Crippen molar-refractivity contribution in [2.45, 2.75) is 51.4 Å². The molecule has 2 fully saturated rings. The number of fused-ring (bicyclic) bond motifs is 1. The molecule has 6 heteroatoms. The van der Waals surface area contributed by atoms with Crippen LogP contribution in [0.4, 0.5) is 0 Å². The normalized spacial score (nSPS) is 25.4. The Morgan fingerprint density at radius 1 is 1.36 bits per heavy atom. The Hall–Kier alpha value is -2.24. The molecule has 0 aromatic carbocycles. The lowest BCUT2D eigenvalue weighted by molar-refractivity contribution is 0.0774. The Kier molecular flexibility index (Phi) is 4.06. The first kappa shape index (κ1) is 16.2. The van der Waals surface area contributed by atoms with Crippen molar-refractivity contribution < 1.29 is 9.21 Å². The number of rotatable bonds is 4. The number of pyridine rings is 1. The molecule has 0 unspecified atom stereocenters. The first-order valence-electron chi connectivity index (χ1n) is 9.23. The molecular formula is C19H24N4O2. The molecule has 3 heterocycles. The van der Waals surface area contributed by atoms with Gasteiger partial charge in [0.1, 0.15) is 0 Å². The van der Waals surface area contributed by atoms with E-state index in [0.717, 1.165) is 55.7 Å². The predicted octanol–water partition coefficient (Wildman–Crippen LogP) is 2.78. The van der Waals surface area contributed by atoms with Gasteiger partial charge < -0.3 is 9.32 Å². The molecule has 0 N–H and O–H groups in total. The third-order valence-electron chi connectivity index (χ3n) is 5.87. The fourth-order valence-corrected chi connectivity index (χ4v) is 4.48. The summed E-state index contributed by atoms with van der Waals surface area (Å²) in [4.78, 5) is 19.3. The summed E-state index contributed by atoms with van der Waals surface area (Å²) in [6, 6.07) is 1.84. The summed E-state index contributed by atoms with van der Waals surface area (Å²) in [6.07, 6.45) is 8.34. The highest BCUT2D eigenvalue weighted by Gasteiger charge is 2.55. The van der Waals surface area contributed by atoms with Crippen LogP contribution in [0.5, 0.6) is 0 Å². The number of nitrogens with zero attached hydrogens (tertiary/aromatic N) is 4. The van der Waals surface area contributed by atoms with Crippen molar-refractivity contribution in [2.75, 3.05) is 13.1 Å². The van der Waals surface area contributed by atoms with E-state index in [1.807, 2.05) is 17.9 Å². The molecule has 132 valence electrons. The van der Waals surface area contributed by atoms with Crippen molar-refractivity contribution in [1.82, 2.24) is 20.1 Å². The number of amides is 1. The second-order valence-corrected chi connectivity index (χ2v) is 7.17. The Labute approximate surface area is 147 Å². The molecule has 4 rings (SSSR count). The molecule has 0 radical (unpaired) electrons. The van der Waals surface area contributed by atoms with Gasteiger partial charge in [0.05, 0.1) is 5.41 Å². The minimum atomic E-state index is -0.157. The van der Waals surface area contributed by atoms with Crippen LogP contribution in [-0.2, 0) is 18.3 Å². The van der Waals surface area contributed by atoms with Crippen molar-refractivity contribution in [3.63, 3.8) is 0 Å². The van der Waals surface area contributed by atoms with Crippen LogP contribution >= 0.6 is 0 Å². The van der Waals surface area contributed by atoms with E-state index >= 15 is 0 Å². The van der Waals surface area contributed by atoms with Gasteiger partial charge in [-0.25, -0.2) is 0 Å². The van der Waals surface area contributed by atoms with Gasteiger partial charge in [-0.2, -0.15) is 0 Å². The van der Waals surface area contributed by atoms with E-state index in [4.69, 9.17) is 4.42 Å². The van der Waals surface area contributed by atoms with Crippen LogP contribution in [0.2, 0.25) is 0 Å². The summed E-state index contributed by atoms with van der Waals surface area (Å²) in [5.41, 5.74) is 1.62. The van der Waals surface area contributed by atoms with E-state index in [0.29, 0.717) is 18.4 Å². The first-order chi connectivity index (χ1) is 12.2. The zero-order valence-corrected chi connectivity index (χ0v) is 14.9. The van der Waals surface area contributed by atoms with Gasteiger partial charge in [0.2, 0.25) is 11.8 Å². The van der Waals surface area contributed by atoms with Crippen molar-refractivity contribution in [1.29, 1.82) is 0 Å². The second kappa shape index (κ2) is 6.24. The highest BCUT2D eigenvalue weighted by molar-refractivity contribution is 5.95. The highest BCUT2D eigenvalue weighted by atomic mass is 16.4. The maximum Gasteiger partial charge on any atom is 0.254 e. The van der Waals surface area contributed by atoms with E-state index in [2.05, 4.69) is 22.1 Å². The van der Waals surface area contributed by atoms with Gasteiger partial charge >= 0.3 is 0 Å². The number of aromatic nitrogens is 3. The van der Waals surface area contributed by atoms with E-state index in [1.54, 1.807) is 12.4 Å². The highest BCUT2D eigenvalue weighted by Crippen LogP contribution is 2.50. The Morgan fingerprint density at radius 2 is 2.24 bits per heavy atom. The zero-order chi connectivity index (χ0) is 17.4. The summed E-state index contributed by atoms with van der Waals surface area (Å²) in [5.74, 6) is 1.92. The van der Waals surface area contributed by atoms with Gasteiger partial charge in [0.15, 0.2) is 0 Å². The molecule has 0 spiro atoms. The lowest BCUT2D eigenvalue weighted by atomic mass is 9.80. The Balaban J connectivity index is 1.63. The third kappa shape index (κ3) is 2.55. The number of hydrogen-bond donors (Lipinski definition) is 0. The maximum absolute atomic E-state index is 13.1. The van der Waals surface area contributed by atoms with Gasteiger partial charge in [0, 0.05) is 37.5 Å². The lowest BCUT2D eigenvalue weighted by Crippen LogP contribution is -2.35. The van der Waals surface area contributed by atoms with Crippen LogP contribution in [-0.4, -0.2) is 39.1 Å². The van der Waals surface area contributed by atoms with Crippen molar-refractivity contribution in [2.24, 2.45) is 5.92 Å². The zero-order valence-electron chi connectivity index (χ0n) is 14.9. The molecule has 2 aliphatic rings. The summed E-state index contributed by atoms with van der Waals surface area (Å²) in [5, 5.41) is 8.50. The van der Waals surface area contributed by atoms with Gasteiger partial charge in [0.25, 0.3) is 5.91 Å². The number of carbonyl (C=O) groups excluding carboxylic acids is 1. The maximum atomic E-state index is 13.1. The minimum Gasteiger partial charge on any atom is -0.425 e. The second-order valence-electron chi connectivity index (χ2n) is 7.17. The average molecular weight is 340 g/mol. The van der Waals surface area contributed by atoms with Crippen LogP contribution in [0, 0.1) is 5.92 Å². The molecule has 2 aromatic heterocycles. The fraction of sp³-hybridized carbons (Fsp3) is 0.579. The Morgan fingerprint density at radius 3 is 3.00 bits per heavy atom.